The van der Waals surface area contributed by atoms with Crippen LogP contribution in [0.25, 0.3) is 0 Å². The van der Waals surface area contributed by atoms with Crippen LogP contribution in [0.3, 0.4) is 0 Å². The van der Waals surface area contributed by atoms with Crippen LogP contribution in [-0.2, 0) is 14.3 Å². The molecule has 0 aromatic heterocycles. The molecule has 2 aliphatic rings. The molecule has 2 aromatic carbocycles. The normalized spacial score (nSPS) is 22.5. The summed E-state index contributed by atoms with van der Waals surface area (Å²) in [5, 5.41) is 0.574. The van der Waals surface area contributed by atoms with Crippen molar-refractivity contribution in [3.8, 4) is 0 Å². The third-order valence-electron chi connectivity index (χ3n) is 7.06. The van der Waals surface area contributed by atoms with Gasteiger partial charge < -0.3 is 14.5 Å². The highest BCUT2D eigenvalue weighted by Crippen LogP contribution is 2.36. The minimum absolute atomic E-state index is 0.0237. The van der Waals surface area contributed by atoms with Gasteiger partial charge in [0.1, 0.15) is 0 Å². The van der Waals surface area contributed by atoms with Gasteiger partial charge >= 0.3 is 5.97 Å². The average molecular weight is 497 g/mol. The van der Waals surface area contributed by atoms with E-state index < -0.39 is 0 Å². The van der Waals surface area contributed by atoms with Crippen LogP contribution >= 0.6 is 11.6 Å². The van der Waals surface area contributed by atoms with E-state index >= 15 is 0 Å². The van der Waals surface area contributed by atoms with Gasteiger partial charge in [-0.1, -0.05) is 41.4 Å². The fourth-order valence-electron chi connectivity index (χ4n) is 5.27. The predicted octanol–water partition coefficient (Wildman–Crippen LogP) is 5.04. The van der Waals surface area contributed by atoms with Crippen molar-refractivity contribution in [2.24, 2.45) is 11.8 Å². The zero-order valence-electron chi connectivity index (χ0n) is 20.4. The summed E-state index contributed by atoms with van der Waals surface area (Å²) in [6, 6.07) is 15.0. The molecule has 0 saturated carbocycles. The Labute approximate surface area is 212 Å². The molecule has 0 N–H and O–H groups in total. The van der Waals surface area contributed by atoms with Crippen LogP contribution in [-0.4, -0.2) is 53.8 Å². The van der Waals surface area contributed by atoms with Crippen LogP contribution in [0.2, 0.25) is 5.02 Å². The summed E-state index contributed by atoms with van der Waals surface area (Å²) >= 11 is 6.04. The molecule has 186 valence electrons. The quantitative estimate of drug-likeness (QED) is 0.544. The third kappa shape index (κ3) is 5.87. The Bertz CT molecular complexity index is 1070. The first-order chi connectivity index (χ1) is 16.9. The first-order valence-corrected chi connectivity index (χ1v) is 12.8. The Balaban J connectivity index is 1.55. The van der Waals surface area contributed by atoms with Crippen molar-refractivity contribution in [2.75, 3.05) is 26.2 Å². The number of piperidine rings is 2. The Morgan fingerprint density at radius 3 is 2.49 bits per heavy atom. The van der Waals surface area contributed by atoms with Gasteiger partial charge in [0, 0.05) is 30.2 Å². The van der Waals surface area contributed by atoms with Crippen LogP contribution in [0.15, 0.2) is 48.5 Å². The van der Waals surface area contributed by atoms with Gasteiger partial charge in [-0.15, -0.1) is 0 Å². The first kappa shape index (κ1) is 25.2. The van der Waals surface area contributed by atoms with E-state index in [4.69, 9.17) is 16.3 Å². The maximum absolute atomic E-state index is 13.6. The van der Waals surface area contributed by atoms with Crippen molar-refractivity contribution < 1.29 is 19.1 Å². The lowest BCUT2D eigenvalue weighted by molar-refractivity contribution is -0.152. The molecule has 35 heavy (non-hydrogen) atoms. The van der Waals surface area contributed by atoms with Gasteiger partial charge in [-0.25, -0.2) is 0 Å². The summed E-state index contributed by atoms with van der Waals surface area (Å²) in [6.45, 7) is 5.55. The molecule has 0 unspecified atom stereocenters. The number of hydrogen-bond acceptors (Lipinski definition) is 4. The van der Waals surface area contributed by atoms with Crippen LogP contribution in [0, 0.1) is 18.8 Å². The number of ether oxygens (including phenoxy) is 1. The molecule has 0 bridgehead atoms. The summed E-state index contributed by atoms with van der Waals surface area (Å²) in [5.41, 5.74) is 2.77. The van der Waals surface area contributed by atoms with Gasteiger partial charge in [-0.3, -0.25) is 14.4 Å². The molecule has 0 spiro atoms. The van der Waals surface area contributed by atoms with Crippen LogP contribution in [0.4, 0.5) is 0 Å². The number of likely N-dealkylation sites (tertiary alicyclic amines) is 2. The number of halogens is 1. The van der Waals surface area contributed by atoms with Gasteiger partial charge in [0.15, 0.2) is 0 Å². The van der Waals surface area contributed by atoms with Crippen molar-refractivity contribution in [2.45, 2.75) is 45.6 Å². The number of aryl methyl sites for hydroxylation is 1. The summed E-state index contributed by atoms with van der Waals surface area (Å²) < 4.78 is 5.19. The minimum atomic E-state index is -0.298. The molecule has 0 aliphatic carbocycles. The number of rotatable bonds is 5. The van der Waals surface area contributed by atoms with Crippen molar-refractivity contribution >= 4 is 29.4 Å². The Morgan fingerprint density at radius 2 is 1.77 bits per heavy atom. The monoisotopic (exact) mass is 496 g/mol. The zero-order chi connectivity index (χ0) is 24.9. The number of hydrogen-bond donors (Lipinski definition) is 0. The molecule has 2 saturated heterocycles. The van der Waals surface area contributed by atoms with E-state index in [9.17, 15) is 14.4 Å². The minimum Gasteiger partial charge on any atom is -0.466 e. The molecule has 6 nitrogen and oxygen atoms in total. The second-order valence-corrected chi connectivity index (χ2v) is 9.98. The fraction of sp³-hybridized carbons (Fsp3) is 0.464. The summed E-state index contributed by atoms with van der Waals surface area (Å²) in [5.74, 6) is -0.881. The van der Waals surface area contributed by atoms with Crippen molar-refractivity contribution in [3.05, 3.63) is 70.2 Å². The smallest absolute Gasteiger partial charge is 0.310 e. The maximum Gasteiger partial charge on any atom is 0.310 e. The fourth-order valence-corrected chi connectivity index (χ4v) is 5.39. The topological polar surface area (TPSA) is 66.9 Å². The van der Waals surface area contributed by atoms with Crippen molar-refractivity contribution in [1.29, 1.82) is 0 Å². The van der Waals surface area contributed by atoms with Crippen LogP contribution < -0.4 is 0 Å². The van der Waals surface area contributed by atoms with Gasteiger partial charge in [-0.05, 0) is 69.4 Å². The molecular weight excluding hydrogens is 464 g/mol. The molecule has 2 heterocycles. The second-order valence-electron chi connectivity index (χ2n) is 9.54. The van der Waals surface area contributed by atoms with E-state index in [-0.39, 0.29) is 35.7 Å². The predicted molar refractivity (Wildman–Crippen MR) is 135 cm³/mol. The number of esters is 1. The molecule has 2 aromatic rings. The van der Waals surface area contributed by atoms with E-state index in [0.717, 1.165) is 24.0 Å². The molecule has 2 fully saturated rings. The maximum atomic E-state index is 13.6. The highest BCUT2D eigenvalue weighted by molar-refractivity contribution is 6.30. The molecule has 4 rings (SSSR count). The van der Waals surface area contributed by atoms with Gasteiger partial charge in [0.25, 0.3) is 5.91 Å². The second kappa shape index (κ2) is 11.3. The molecule has 2 amide bonds. The van der Waals surface area contributed by atoms with Crippen LogP contribution in [0.1, 0.15) is 60.1 Å². The largest absolute Gasteiger partial charge is 0.466 e. The van der Waals surface area contributed by atoms with Crippen molar-refractivity contribution in [3.63, 3.8) is 0 Å². The molecule has 0 radical (unpaired) electrons. The number of carbonyl (C=O) groups excluding carboxylic acids is 3. The molecule has 3 atom stereocenters. The number of benzene rings is 2. The lowest BCUT2D eigenvalue weighted by Gasteiger charge is -2.42. The zero-order valence-corrected chi connectivity index (χ0v) is 21.2. The standard InChI is InChI=1S/C28H33ClN2O4/c1-3-35-28(34)23-8-5-15-30(17-23)26(32)22-11-14-25(21-7-4-6-19(2)16-21)31(18-22)27(33)20-9-12-24(29)13-10-20/h4,6-7,9-10,12-13,16,22-23,25H,3,5,8,11,14-15,17-18H2,1-2H3/t22-,23-,25+/m1/s1. The van der Waals surface area contributed by atoms with Gasteiger partial charge in [-0.2, -0.15) is 0 Å². The van der Waals surface area contributed by atoms with E-state index in [2.05, 4.69) is 12.1 Å². The van der Waals surface area contributed by atoms with Gasteiger partial charge in [0.2, 0.25) is 5.91 Å². The van der Waals surface area contributed by atoms with E-state index in [1.807, 2.05) is 24.0 Å². The lowest BCUT2D eigenvalue weighted by Crippen LogP contribution is -2.50. The Kier molecular flexibility index (Phi) is 8.11. The molecule has 7 heteroatoms. The van der Waals surface area contributed by atoms with E-state index in [0.29, 0.717) is 49.7 Å². The van der Waals surface area contributed by atoms with Crippen molar-refractivity contribution in [1.82, 2.24) is 9.80 Å². The number of amides is 2. The third-order valence-corrected chi connectivity index (χ3v) is 7.32. The summed E-state index contributed by atoms with van der Waals surface area (Å²) in [7, 11) is 0. The molecular formula is C28H33ClN2O4. The Hall–Kier alpha value is -2.86. The highest BCUT2D eigenvalue weighted by Gasteiger charge is 2.39. The lowest BCUT2D eigenvalue weighted by atomic mass is 9.86. The van der Waals surface area contributed by atoms with Crippen LogP contribution in [0.5, 0.6) is 0 Å². The summed E-state index contributed by atoms with van der Waals surface area (Å²) in [4.78, 5) is 43.1. The number of carbonyl (C=O) groups is 3. The Morgan fingerprint density at radius 1 is 1.00 bits per heavy atom. The first-order valence-electron chi connectivity index (χ1n) is 12.5. The average Bonchev–Trinajstić information content (AvgIpc) is 2.88. The summed E-state index contributed by atoms with van der Waals surface area (Å²) in [6.07, 6.45) is 2.92. The van der Waals surface area contributed by atoms with E-state index in [1.54, 1.807) is 36.1 Å². The molecule has 2 aliphatic heterocycles. The van der Waals surface area contributed by atoms with Gasteiger partial charge in [0.05, 0.1) is 24.5 Å². The number of nitrogens with zero attached hydrogens (tertiary/aromatic N) is 2. The highest BCUT2D eigenvalue weighted by atomic mass is 35.5. The van der Waals surface area contributed by atoms with E-state index in [1.165, 1.54) is 0 Å². The SMILES string of the molecule is CCOC(=O)[C@@H]1CCCN(C(=O)[C@@H]2CC[C@@H](c3cccc(C)c3)N(C(=O)c3ccc(Cl)cc3)C2)C1.